The molecule has 0 aliphatic rings. The minimum atomic E-state index is -0.323. The Hall–Kier alpha value is -2.59. The normalized spacial score (nSPS) is 12.3. The van der Waals surface area contributed by atoms with Crippen LogP contribution in [-0.4, -0.2) is 14.2 Å². The van der Waals surface area contributed by atoms with Crippen molar-refractivity contribution in [2.24, 2.45) is 0 Å². The lowest BCUT2D eigenvalue weighted by Gasteiger charge is -2.15. The Labute approximate surface area is 147 Å². The first kappa shape index (κ1) is 17.2. The first-order valence-corrected chi connectivity index (χ1v) is 8.59. The molecular weight excluding hydrogens is 314 g/mol. The van der Waals surface area contributed by atoms with E-state index in [-0.39, 0.29) is 5.63 Å². The molecule has 1 heterocycles. The summed E-state index contributed by atoms with van der Waals surface area (Å²) >= 11 is 0. The fourth-order valence-electron chi connectivity index (χ4n) is 3.11. The largest absolute Gasteiger partial charge is 0.497 e. The van der Waals surface area contributed by atoms with Gasteiger partial charge in [-0.25, -0.2) is 4.79 Å². The highest BCUT2D eigenvalue weighted by molar-refractivity contribution is 5.81. The molecule has 2 aromatic carbocycles. The molecule has 0 radical (unpaired) electrons. The van der Waals surface area contributed by atoms with Crippen LogP contribution in [0.5, 0.6) is 5.75 Å². The Kier molecular flexibility index (Phi) is 5.19. The van der Waals surface area contributed by atoms with Crippen molar-refractivity contribution in [1.29, 1.82) is 0 Å². The third-order valence-corrected chi connectivity index (χ3v) is 4.47. The third-order valence-electron chi connectivity index (χ3n) is 4.47. The zero-order valence-corrected chi connectivity index (χ0v) is 15.0. The van der Waals surface area contributed by atoms with Crippen molar-refractivity contribution >= 4 is 11.0 Å². The first-order chi connectivity index (χ1) is 12.1. The molecule has 25 heavy (non-hydrogen) atoms. The monoisotopic (exact) mass is 338 g/mol. The van der Waals surface area contributed by atoms with Gasteiger partial charge in [-0.05, 0) is 24.1 Å². The second kappa shape index (κ2) is 7.53. The van der Waals surface area contributed by atoms with Gasteiger partial charge >= 0.3 is 5.63 Å². The van der Waals surface area contributed by atoms with Gasteiger partial charge in [0.2, 0.25) is 0 Å². The molecule has 0 aliphatic carbocycles. The lowest BCUT2D eigenvalue weighted by Crippen LogP contribution is -3.06. The Morgan fingerprint density at radius 2 is 1.72 bits per heavy atom. The van der Waals surface area contributed by atoms with E-state index in [2.05, 4.69) is 38.2 Å². The van der Waals surface area contributed by atoms with Gasteiger partial charge in [-0.15, -0.1) is 0 Å². The van der Waals surface area contributed by atoms with Crippen molar-refractivity contribution in [2.45, 2.75) is 26.4 Å². The van der Waals surface area contributed by atoms with Gasteiger partial charge < -0.3 is 14.1 Å². The molecule has 1 aromatic heterocycles. The lowest BCUT2D eigenvalue weighted by molar-refractivity contribution is -0.907. The number of aryl methyl sites for hydroxylation is 1. The van der Waals surface area contributed by atoms with Gasteiger partial charge in [0.15, 0.2) is 0 Å². The van der Waals surface area contributed by atoms with Crippen LogP contribution in [0.3, 0.4) is 0 Å². The first-order valence-electron chi connectivity index (χ1n) is 8.59. The standard InChI is InChI=1S/C21H23NO3/c1-4-15-5-7-16(8-6-15)13-22(2)14-17-11-21(23)25-20-12-18(24-3)9-10-19(17)20/h5-12H,4,13-14H2,1-3H3/p+1. The van der Waals surface area contributed by atoms with Crippen molar-refractivity contribution < 1.29 is 14.1 Å². The number of ether oxygens (including phenoxy) is 1. The van der Waals surface area contributed by atoms with Crippen LogP contribution < -0.4 is 15.3 Å². The maximum absolute atomic E-state index is 11.9. The molecule has 3 rings (SSSR count). The number of rotatable bonds is 6. The second-order valence-electron chi connectivity index (χ2n) is 6.43. The summed E-state index contributed by atoms with van der Waals surface area (Å²) in [6, 6.07) is 15.9. The second-order valence-corrected chi connectivity index (χ2v) is 6.43. The van der Waals surface area contributed by atoms with E-state index < -0.39 is 0 Å². The maximum Gasteiger partial charge on any atom is 0.336 e. The van der Waals surface area contributed by atoms with E-state index in [1.807, 2.05) is 12.1 Å². The van der Waals surface area contributed by atoms with Crippen molar-refractivity contribution in [1.82, 2.24) is 0 Å². The van der Waals surface area contributed by atoms with E-state index >= 15 is 0 Å². The highest BCUT2D eigenvalue weighted by atomic mass is 16.5. The zero-order chi connectivity index (χ0) is 17.8. The summed E-state index contributed by atoms with van der Waals surface area (Å²) in [6.45, 7) is 3.82. The van der Waals surface area contributed by atoms with Crippen LogP contribution >= 0.6 is 0 Å². The summed E-state index contributed by atoms with van der Waals surface area (Å²) in [5.41, 5.74) is 3.89. The number of hydrogen-bond acceptors (Lipinski definition) is 3. The number of fused-ring (bicyclic) bond motifs is 1. The number of hydrogen-bond donors (Lipinski definition) is 1. The molecule has 0 fully saturated rings. The summed E-state index contributed by atoms with van der Waals surface area (Å²) in [6.07, 6.45) is 1.05. The van der Waals surface area contributed by atoms with Crippen molar-refractivity contribution in [3.8, 4) is 5.75 Å². The average Bonchev–Trinajstić information content (AvgIpc) is 2.61. The van der Waals surface area contributed by atoms with E-state index in [0.717, 1.165) is 30.5 Å². The molecule has 0 spiro atoms. The average molecular weight is 338 g/mol. The molecule has 4 nitrogen and oxygen atoms in total. The Balaban J connectivity index is 1.82. The molecule has 0 aliphatic heterocycles. The third kappa shape index (κ3) is 4.09. The van der Waals surface area contributed by atoms with Gasteiger partial charge in [-0.1, -0.05) is 31.2 Å². The summed E-state index contributed by atoms with van der Waals surface area (Å²) in [4.78, 5) is 13.2. The van der Waals surface area contributed by atoms with Crippen LogP contribution in [0.15, 0.2) is 57.7 Å². The SMILES string of the molecule is CCc1ccc(C[NH+](C)Cc2cc(=O)oc3cc(OC)ccc23)cc1. The van der Waals surface area contributed by atoms with Crippen LogP contribution in [0, 0.1) is 0 Å². The molecule has 0 saturated carbocycles. The molecule has 3 aromatic rings. The summed E-state index contributed by atoms with van der Waals surface area (Å²) in [5, 5.41) is 0.959. The Morgan fingerprint density at radius 3 is 2.40 bits per heavy atom. The number of nitrogens with one attached hydrogen (secondary N) is 1. The van der Waals surface area contributed by atoms with E-state index in [4.69, 9.17) is 9.15 Å². The van der Waals surface area contributed by atoms with Crippen LogP contribution in [0.2, 0.25) is 0 Å². The minimum Gasteiger partial charge on any atom is -0.497 e. The Bertz CT molecular complexity index is 913. The zero-order valence-electron chi connectivity index (χ0n) is 15.0. The summed E-state index contributed by atoms with van der Waals surface area (Å²) < 4.78 is 10.5. The van der Waals surface area contributed by atoms with Crippen LogP contribution in [0.4, 0.5) is 0 Å². The fourth-order valence-corrected chi connectivity index (χ4v) is 3.11. The van der Waals surface area contributed by atoms with Crippen molar-refractivity contribution in [3.63, 3.8) is 0 Å². The highest BCUT2D eigenvalue weighted by Gasteiger charge is 2.12. The number of quaternary nitrogens is 1. The summed E-state index contributed by atoms with van der Waals surface area (Å²) in [7, 11) is 3.74. The minimum absolute atomic E-state index is 0.323. The highest BCUT2D eigenvalue weighted by Crippen LogP contribution is 2.22. The smallest absolute Gasteiger partial charge is 0.336 e. The van der Waals surface area contributed by atoms with Crippen LogP contribution in [0.25, 0.3) is 11.0 Å². The van der Waals surface area contributed by atoms with Crippen LogP contribution in [-0.2, 0) is 19.5 Å². The number of benzene rings is 2. The topological polar surface area (TPSA) is 43.9 Å². The number of methoxy groups -OCH3 is 1. The maximum atomic E-state index is 11.9. The molecule has 1 atom stereocenters. The van der Waals surface area contributed by atoms with E-state index in [1.54, 1.807) is 19.2 Å². The fraction of sp³-hybridized carbons (Fsp3) is 0.286. The van der Waals surface area contributed by atoms with Gasteiger partial charge in [-0.2, -0.15) is 0 Å². The molecule has 1 N–H and O–H groups in total. The molecule has 130 valence electrons. The van der Waals surface area contributed by atoms with Gasteiger partial charge in [0, 0.05) is 28.6 Å². The van der Waals surface area contributed by atoms with Gasteiger partial charge in [-0.3, -0.25) is 0 Å². The lowest BCUT2D eigenvalue weighted by atomic mass is 10.1. The van der Waals surface area contributed by atoms with Gasteiger partial charge in [0.25, 0.3) is 0 Å². The molecule has 0 saturated heterocycles. The van der Waals surface area contributed by atoms with E-state index in [9.17, 15) is 4.79 Å². The van der Waals surface area contributed by atoms with Crippen molar-refractivity contribution in [2.75, 3.05) is 14.2 Å². The molecular formula is C21H24NO3+. The Morgan fingerprint density at radius 1 is 1.00 bits per heavy atom. The van der Waals surface area contributed by atoms with E-state index in [1.165, 1.54) is 16.0 Å². The predicted molar refractivity (Wildman–Crippen MR) is 99.2 cm³/mol. The molecule has 0 amide bonds. The van der Waals surface area contributed by atoms with Gasteiger partial charge in [0.05, 0.1) is 14.2 Å². The van der Waals surface area contributed by atoms with Crippen molar-refractivity contribution in [3.05, 3.63) is 75.6 Å². The molecule has 1 unspecified atom stereocenters. The quantitative estimate of drug-likeness (QED) is 0.703. The summed E-state index contributed by atoms with van der Waals surface area (Å²) in [5.74, 6) is 0.685. The van der Waals surface area contributed by atoms with Crippen LogP contribution in [0.1, 0.15) is 23.6 Å². The molecule has 0 bridgehead atoms. The molecule has 4 heteroatoms. The van der Waals surface area contributed by atoms with Gasteiger partial charge in [0.1, 0.15) is 24.4 Å². The predicted octanol–water partition coefficient (Wildman–Crippen LogP) is 2.58. The van der Waals surface area contributed by atoms with E-state index in [0.29, 0.717) is 11.3 Å².